The number of thiophene rings is 1. The molecule has 1 aromatic heterocycles. The molecule has 2 rings (SSSR count). The Morgan fingerprint density at radius 1 is 1.25 bits per heavy atom. The topological polar surface area (TPSA) is 12.0 Å². The molecule has 16 heavy (non-hydrogen) atoms. The molecule has 1 unspecified atom stereocenters. The van der Waals surface area contributed by atoms with Gasteiger partial charge in [-0.2, -0.15) is 11.3 Å². The molecule has 0 saturated carbocycles. The molecule has 1 N–H and O–H groups in total. The first-order chi connectivity index (χ1) is 7.85. The summed E-state index contributed by atoms with van der Waals surface area (Å²) in [6, 6.07) is 11.4. The van der Waals surface area contributed by atoms with Crippen molar-refractivity contribution in [2.75, 3.05) is 7.05 Å². The lowest BCUT2D eigenvalue weighted by Gasteiger charge is -2.15. The highest BCUT2D eigenvalue weighted by atomic mass is 32.1. The summed E-state index contributed by atoms with van der Waals surface area (Å²) < 4.78 is 0. The average Bonchev–Trinajstić information content (AvgIpc) is 2.85. The van der Waals surface area contributed by atoms with Crippen molar-refractivity contribution in [3.8, 4) is 11.1 Å². The van der Waals surface area contributed by atoms with Crippen LogP contribution in [0.3, 0.4) is 0 Å². The van der Waals surface area contributed by atoms with Crippen LogP contribution in [0, 0.1) is 0 Å². The first-order valence-electron chi connectivity index (χ1n) is 5.65. The second-order valence-electron chi connectivity index (χ2n) is 3.89. The van der Waals surface area contributed by atoms with E-state index < -0.39 is 0 Å². The average molecular weight is 231 g/mol. The van der Waals surface area contributed by atoms with Crippen LogP contribution in [0.1, 0.15) is 24.9 Å². The van der Waals surface area contributed by atoms with Crippen molar-refractivity contribution in [2.24, 2.45) is 0 Å². The monoisotopic (exact) mass is 231 g/mol. The molecule has 0 amide bonds. The van der Waals surface area contributed by atoms with Crippen LogP contribution in [-0.4, -0.2) is 7.05 Å². The Morgan fingerprint density at radius 2 is 2.12 bits per heavy atom. The van der Waals surface area contributed by atoms with Gasteiger partial charge in [0, 0.05) is 6.04 Å². The maximum Gasteiger partial charge on any atom is 0.0315 e. The van der Waals surface area contributed by atoms with Gasteiger partial charge in [-0.1, -0.05) is 25.1 Å². The fourth-order valence-corrected chi connectivity index (χ4v) is 2.64. The number of rotatable bonds is 4. The first-order valence-corrected chi connectivity index (χ1v) is 6.59. The maximum absolute atomic E-state index is 3.34. The van der Waals surface area contributed by atoms with Crippen LogP contribution < -0.4 is 5.32 Å². The van der Waals surface area contributed by atoms with E-state index in [2.05, 4.69) is 53.3 Å². The zero-order chi connectivity index (χ0) is 11.4. The Bertz CT molecular complexity index is 430. The SMILES string of the molecule is CCC(NC)c1cccc(-c2ccsc2)c1. The van der Waals surface area contributed by atoms with Gasteiger partial charge in [0.25, 0.3) is 0 Å². The van der Waals surface area contributed by atoms with E-state index in [0.717, 1.165) is 6.42 Å². The van der Waals surface area contributed by atoms with Gasteiger partial charge in [0.05, 0.1) is 0 Å². The zero-order valence-corrected chi connectivity index (χ0v) is 10.6. The van der Waals surface area contributed by atoms with Gasteiger partial charge in [0.2, 0.25) is 0 Å². The molecule has 84 valence electrons. The van der Waals surface area contributed by atoms with E-state index in [1.165, 1.54) is 16.7 Å². The molecule has 0 bridgehead atoms. The molecule has 2 heteroatoms. The molecule has 0 saturated heterocycles. The van der Waals surface area contributed by atoms with Gasteiger partial charge < -0.3 is 5.32 Å². The van der Waals surface area contributed by atoms with Crippen molar-refractivity contribution in [3.05, 3.63) is 46.7 Å². The minimum absolute atomic E-state index is 0.457. The predicted octanol–water partition coefficient (Wildman–Crippen LogP) is 4.09. The van der Waals surface area contributed by atoms with Gasteiger partial charge in [-0.15, -0.1) is 0 Å². The van der Waals surface area contributed by atoms with Crippen LogP contribution >= 0.6 is 11.3 Å². The minimum Gasteiger partial charge on any atom is -0.313 e. The van der Waals surface area contributed by atoms with Crippen molar-refractivity contribution in [1.29, 1.82) is 0 Å². The third kappa shape index (κ3) is 2.34. The highest BCUT2D eigenvalue weighted by Crippen LogP contribution is 2.25. The van der Waals surface area contributed by atoms with E-state index in [4.69, 9.17) is 0 Å². The third-order valence-corrected chi connectivity index (χ3v) is 3.58. The van der Waals surface area contributed by atoms with Crippen molar-refractivity contribution < 1.29 is 0 Å². The van der Waals surface area contributed by atoms with Gasteiger partial charge in [0.15, 0.2) is 0 Å². The summed E-state index contributed by atoms with van der Waals surface area (Å²) in [5.74, 6) is 0. The number of nitrogens with one attached hydrogen (secondary N) is 1. The molecule has 1 atom stereocenters. The maximum atomic E-state index is 3.34. The van der Waals surface area contributed by atoms with Gasteiger partial charge >= 0.3 is 0 Å². The Morgan fingerprint density at radius 3 is 2.75 bits per heavy atom. The number of benzene rings is 1. The Kier molecular flexibility index (Phi) is 3.75. The van der Waals surface area contributed by atoms with Crippen LogP contribution in [-0.2, 0) is 0 Å². The molecule has 0 aliphatic rings. The Hall–Kier alpha value is -1.12. The number of hydrogen-bond acceptors (Lipinski definition) is 2. The second-order valence-corrected chi connectivity index (χ2v) is 4.67. The summed E-state index contributed by atoms with van der Waals surface area (Å²) in [6.07, 6.45) is 1.11. The van der Waals surface area contributed by atoms with Gasteiger partial charge in [-0.25, -0.2) is 0 Å². The quantitative estimate of drug-likeness (QED) is 0.836. The van der Waals surface area contributed by atoms with Crippen LogP contribution in [0.2, 0.25) is 0 Å². The van der Waals surface area contributed by atoms with E-state index in [-0.39, 0.29) is 0 Å². The molecule has 1 heterocycles. The lowest BCUT2D eigenvalue weighted by atomic mass is 10.00. The summed E-state index contributed by atoms with van der Waals surface area (Å²) in [4.78, 5) is 0. The fraction of sp³-hybridized carbons (Fsp3) is 0.286. The van der Waals surface area contributed by atoms with Crippen molar-refractivity contribution in [3.63, 3.8) is 0 Å². The normalized spacial score (nSPS) is 12.6. The van der Waals surface area contributed by atoms with Crippen LogP contribution in [0.5, 0.6) is 0 Å². The van der Waals surface area contributed by atoms with E-state index in [9.17, 15) is 0 Å². The second kappa shape index (κ2) is 5.28. The highest BCUT2D eigenvalue weighted by Gasteiger charge is 2.07. The minimum atomic E-state index is 0.457. The molecular weight excluding hydrogens is 214 g/mol. The van der Waals surface area contributed by atoms with Gasteiger partial charge in [0.1, 0.15) is 0 Å². The van der Waals surface area contributed by atoms with Crippen molar-refractivity contribution in [2.45, 2.75) is 19.4 Å². The van der Waals surface area contributed by atoms with Gasteiger partial charge in [-0.3, -0.25) is 0 Å². The highest BCUT2D eigenvalue weighted by molar-refractivity contribution is 7.08. The summed E-state index contributed by atoms with van der Waals surface area (Å²) >= 11 is 1.74. The molecule has 2 aromatic rings. The lowest BCUT2D eigenvalue weighted by molar-refractivity contribution is 0.577. The standard InChI is InChI=1S/C14H17NS/c1-3-14(15-2)12-6-4-5-11(9-12)13-7-8-16-10-13/h4-10,14-15H,3H2,1-2H3. The smallest absolute Gasteiger partial charge is 0.0315 e. The Labute approximate surface area is 101 Å². The molecule has 0 radical (unpaired) electrons. The van der Waals surface area contributed by atoms with E-state index in [1.54, 1.807) is 11.3 Å². The molecule has 0 spiro atoms. The molecule has 0 aliphatic heterocycles. The zero-order valence-electron chi connectivity index (χ0n) is 9.73. The van der Waals surface area contributed by atoms with E-state index >= 15 is 0 Å². The van der Waals surface area contributed by atoms with Crippen molar-refractivity contribution in [1.82, 2.24) is 5.32 Å². The lowest BCUT2D eigenvalue weighted by Crippen LogP contribution is -2.14. The fourth-order valence-electron chi connectivity index (χ4n) is 1.97. The van der Waals surface area contributed by atoms with E-state index in [1.807, 2.05) is 7.05 Å². The third-order valence-electron chi connectivity index (χ3n) is 2.90. The first kappa shape index (κ1) is 11.4. The Balaban J connectivity index is 2.33. The van der Waals surface area contributed by atoms with Gasteiger partial charge in [-0.05, 0) is 53.1 Å². The van der Waals surface area contributed by atoms with E-state index in [0.29, 0.717) is 6.04 Å². The predicted molar refractivity (Wildman–Crippen MR) is 71.8 cm³/mol. The molecule has 0 fully saturated rings. The summed E-state index contributed by atoms with van der Waals surface area (Å²) in [5, 5.41) is 7.66. The largest absolute Gasteiger partial charge is 0.313 e. The van der Waals surface area contributed by atoms with Crippen LogP contribution in [0.15, 0.2) is 41.1 Å². The summed E-state index contributed by atoms with van der Waals surface area (Å²) in [6.45, 7) is 2.21. The molecule has 0 aliphatic carbocycles. The summed E-state index contributed by atoms with van der Waals surface area (Å²) in [7, 11) is 2.02. The summed E-state index contributed by atoms with van der Waals surface area (Å²) in [5.41, 5.74) is 4.00. The molecular formula is C14H17NS. The number of hydrogen-bond donors (Lipinski definition) is 1. The van der Waals surface area contributed by atoms with Crippen LogP contribution in [0.4, 0.5) is 0 Å². The molecule has 1 aromatic carbocycles. The molecule has 1 nitrogen and oxygen atoms in total. The van der Waals surface area contributed by atoms with Crippen LogP contribution in [0.25, 0.3) is 11.1 Å². The van der Waals surface area contributed by atoms with Crippen molar-refractivity contribution >= 4 is 11.3 Å².